The summed E-state index contributed by atoms with van der Waals surface area (Å²) in [6, 6.07) is 13.1. The fourth-order valence-electron chi connectivity index (χ4n) is 2.76. The van der Waals surface area contributed by atoms with Gasteiger partial charge >= 0.3 is 0 Å². The zero-order valence-corrected chi connectivity index (χ0v) is 17.0. The van der Waals surface area contributed by atoms with Crippen LogP contribution in [0.25, 0.3) is 6.08 Å². The van der Waals surface area contributed by atoms with E-state index in [0.717, 1.165) is 33.8 Å². The highest BCUT2D eigenvalue weighted by molar-refractivity contribution is 6.01. The highest BCUT2D eigenvalue weighted by Gasteiger charge is 2.12. The Balaban J connectivity index is 1.65. The SMILES string of the molecule is COc1cc(/C=C/C(=O)Nc2ccc(C)cc2)ccc1OCc1c(C)noc1C. The minimum absolute atomic E-state index is 0.202. The van der Waals surface area contributed by atoms with Crippen molar-refractivity contribution in [3.05, 3.63) is 76.7 Å². The van der Waals surface area contributed by atoms with Gasteiger partial charge < -0.3 is 19.3 Å². The largest absolute Gasteiger partial charge is 0.493 e. The molecule has 1 N–H and O–H groups in total. The third-order valence-electron chi connectivity index (χ3n) is 4.49. The number of aryl methyl sites for hydroxylation is 3. The summed E-state index contributed by atoms with van der Waals surface area (Å²) in [5.41, 5.74) is 4.45. The summed E-state index contributed by atoms with van der Waals surface area (Å²) in [5, 5.41) is 6.76. The Morgan fingerprint density at radius 2 is 1.86 bits per heavy atom. The summed E-state index contributed by atoms with van der Waals surface area (Å²) in [7, 11) is 1.58. The molecule has 0 fully saturated rings. The van der Waals surface area contributed by atoms with Gasteiger partial charge in [-0.25, -0.2) is 0 Å². The van der Waals surface area contributed by atoms with Crippen LogP contribution in [0.3, 0.4) is 0 Å². The molecule has 1 aromatic heterocycles. The maximum absolute atomic E-state index is 12.1. The fraction of sp³-hybridized carbons (Fsp3) is 0.217. The van der Waals surface area contributed by atoms with Gasteiger partial charge in [-0.1, -0.05) is 28.9 Å². The Bertz CT molecular complexity index is 1000. The molecule has 29 heavy (non-hydrogen) atoms. The normalized spacial score (nSPS) is 10.9. The molecule has 1 heterocycles. The number of carbonyl (C=O) groups excluding carboxylic acids is 1. The molecule has 0 saturated carbocycles. The first-order valence-electron chi connectivity index (χ1n) is 9.24. The molecule has 0 atom stereocenters. The van der Waals surface area contributed by atoms with E-state index in [2.05, 4.69) is 10.5 Å². The molecule has 3 rings (SSSR count). The number of hydrogen-bond donors (Lipinski definition) is 1. The maximum atomic E-state index is 12.1. The van der Waals surface area contributed by atoms with Crippen molar-refractivity contribution in [2.75, 3.05) is 12.4 Å². The van der Waals surface area contributed by atoms with Crippen LogP contribution in [0.1, 0.15) is 28.1 Å². The first-order chi connectivity index (χ1) is 14.0. The first-order valence-corrected chi connectivity index (χ1v) is 9.24. The van der Waals surface area contributed by atoms with Crippen molar-refractivity contribution in [2.45, 2.75) is 27.4 Å². The zero-order valence-electron chi connectivity index (χ0n) is 17.0. The van der Waals surface area contributed by atoms with Crippen LogP contribution in [0.4, 0.5) is 5.69 Å². The standard InChI is InChI=1S/C23H24N2O4/c1-15-5-9-19(10-6-15)24-23(26)12-8-18-7-11-21(22(13-18)27-4)28-14-20-16(2)25-29-17(20)3/h5-13H,14H2,1-4H3,(H,24,26)/b12-8+. The van der Waals surface area contributed by atoms with Crippen LogP contribution < -0.4 is 14.8 Å². The molecule has 3 aromatic rings. The number of carbonyl (C=O) groups is 1. The van der Waals surface area contributed by atoms with E-state index in [-0.39, 0.29) is 5.91 Å². The van der Waals surface area contributed by atoms with Crippen molar-refractivity contribution in [2.24, 2.45) is 0 Å². The molecule has 6 nitrogen and oxygen atoms in total. The van der Waals surface area contributed by atoms with Gasteiger partial charge in [-0.2, -0.15) is 0 Å². The van der Waals surface area contributed by atoms with Crippen molar-refractivity contribution in [3.63, 3.8) is 0 Å². The van der Waals surface area contributed by atoms with Crippen LogP contribution in [0, 0.1) is 20.8 Å². The average Bonchev–Trinajstić information content (AvgIpc) is 3.04. The third kappa shape index (κ3) is 5.25. The lowest BCUT2D eigenvalue weighted by atomic mass is 10.1. The Labute approximate surface area is 170 Å². The van der Waals surface area contributed by atoms with Crippen molar-refractivity contribution in [3.8, 4) is 11.5 Å². The van der Waals surface area contributed by atoms with Crippen molar-refractivity contribution < 1.29 is 18.8 Å². The Morgan fingerprint density at radius 1 is 1.10 bits per heavy atom. The molecule has 150 valence electrons. The van der Waals surface area contributed by atoms with Gasteiger partial charge in [-0.05, 0) is 56.7 Å². The monoisotopic (exact) mass is 392 g/mol. The lowest BCUT2D eigenvalue weighted by Gasteiger charge is -2.11. The summed E-state index contributed by atoms with van der Waals surface area (Å²) in [5.74, 6) is 1.72. The second kappa shape index (κ2) is 9.10. The smallest absolute Gasteiger partial charge is 0.248 e. The average molecular weight is 392 g/mol. The Morgan fingerprint density at radius 3 is 2.52 bits per heavy atom. The molecule has 0 spiro atoms. The van der Waals surface area contributed by atoms with Gasteiger partial charge in [0.25, 0.3) is 0 Å². The number of nitrogens with zero attached hydrogens (tertiary/aromatic N) is 1. The van der Waals surface area contributed by atoms with Crippen molar-refractivity contribution in [1.82, 2.24) is 5.16 Å². The topological polar surface area (TPSA) is 73.6 Å². The molecular weight excluding hydrogens is 368 g/mol. The molecule has 0 saturated heterocycles. The number of nitrogens with one attached hydrogen (secondary N) is 1. The van der Waals surface area contributed by atoms with Gasteiger partial charge in [-0.15, -0.1) is 0 Å². The Hall–Kier alpha value is -3.54. The number of methoxy groups -OCH3 is 1. The number of aromatic nitrogens is 1. The predicted molar refractivity (Wildman–Crippen MR) is 112 cm³/mol. The van der Waals surface area contributed by atoms with Gasteiger partial charge in [0.15, 0.2) is 11.5 Å². The molecule has 0 aliphatic carbocycles. The molecule has 0 radical (unpaired) electrons. The van der Waals surface area contributed by atoms with E-state index in [9.17, 15) is 4.79 Å². The summed E-state index contributed by atoms with van der Waals surface area (Å²) in [6.07, 6.45) is 3.21. The van der Waals surface area contributed by atoms with Crippen LogP contribution in [-0.2, 0) is 11.4 Å². The van der Waals surface area contributed by atoms with Crippen molar-refractivity contribution in [1.29, 1.82) is 0 Å². The van der Waals surface area contributed by atoms with Crippen LogP contribution in [0.5, 0.6) is 11.5 Å². The lowest BCUT2D eigenvalue weighted by molar-refractivity contribution is -0.111. The predicted octanol–water partition coefficient (Wildman–Crippen LogP) is 4.84. The van der Waals surface area contributed by atoms with Crippen LogP contribution in [-0.4, -0.2) is 18.2 Å². The molecule has 0 aliphatic rings. The van der Waals surface area contributed by atoms with Crippen LogP contribution in [0.2, 0.25) is 0 Å². The number of amides is 1. The van der Waals surface area contributed by atoms with Crippen LogP contribution in [0.15, 0.2) is 53.1 Å². The van der Waals surface area contributed by atoms with Gasteiger partial charge in [-0.3, -0.25) is 4.79 Å². The summed E-state index contributed by atoms with van der Waals surface area (Å²) in [6.45, 7) is 6.07. The Kier molecular flexibility index (Phi) is 6.34. The first kappa shape index (κ1) is 20.2. The van der Waals surface area contributed by atoms with E-state index in [1.807, 2.05) is 63.2 Å². The van der Waals surface area contributed by atoms with E-state index < -0.39 is 0 Å². The number of benzene rings is 2. The van der Waals surface area contributed by atoms with Gasteiger partial charge in [0, 0.05) is 11.8 Å². The summed E-state index contributed by atoms with van der Waals surface area (Å²) >= 11 is 0. The van der Waals surface area contributed by atoms with E-state index in [4.69, 9.17) is 14.0 Å². The maximum Gasteiger partial charge on any atom is 0.248 e. The van der Waals surface area contributed by atoms with Gasteiger partial charge in [0.05, 0.1) is 18.4 Å². The van der Waals surface area contributed by atoms with E-state index in [1.165, 1.54) is 6.08 Å². The summed E-state index contributed by atoms with van der Waals surface area (Å²) < 4.78 is 16.5. The number of hydrogen-bond acceptors (Lipinski definition) is 5. The van der Waals surface area contributed by atoms with Crippen molar-refractivity contribution >= 4 is 17.7 Å². The zero-order chi connectivity index (χ0) is 20.8. The van der Waals surface area contributed by atoms with E-state index in [1.54, 1.807) is 13.2 Å². The second-order valence-electron chi connectivity index (χ2n) is 6.69. The quantitative estimate of drug-likeness (QED) is 0.583. The highest BCUT2D eigenvalue weighted by atomic mass is 16.5. The number of rotatable bonds is 7. The van der Waals surface area contributed by atoms with Gasteiger partial charge in [0.1, 0.15) is 12.4 Å². The molecule has 0 unspecified atom stereocenters. The third-order valence-corrected chi connectivity index (χ3v) is 4.49. The molecule has 2 aromatic carbocycles. The lowest BCUT2D eigenvalue weighted by Crippen LogP contribution is -2.07. The fourth-order valence-corrected chi connectivity index (χ4v) is 2.76. The molecular formula is C23H24N2O4. The number of ether oxygens (including phenoxy) is 2. The minimum atomic E-state index is -0.202. The molecule has 6 heteroatoms. The minimum Gasteiger partial charge on any atom is -0.493 e. The highest BCUT2D eigenvalue weighted by Crippen LogP contribution is 2.30. The van der Waals surface area contributed by atoms with Gasteiger partial charge in [0.2, 0.25) is 5.91 Å². The molecule has 0 bridgehead atoms. The van der Waals surface area contributed by atoms with E-state index >= 15 is 0 Å². The van der Waals surface area contributed by atoms with E-state index in [0.29, 0.717) is 18.1 Å². The molecule has 1 amide bonds. The van der Waals surface area contributed by atoms with Crippen LogP contribution >= 0.6 is 0 Å². The molecule has 0 aliphatic heterocycles. The number of anilines is 1. The second-order valence-corrected chi connectivity index (χ2v) is 6.69. The summed E-state index contributed by atoms with van der Waals surface area (Å²) in [4.78, 5) is 12.1.